The molecule has 0 saturated heterocycles. The van der Waals surface area contributed by atoms with Crippen molar-refractivity contribution in [1.29, 1.82) is 0 Å². The van der Waals surface area contributed by atoms with Crippen LogP contribution in [0.2, 0.25) is 0 Å². The second-order valence-electron chi connectivity index (χ2n) is 4.53. The highest BCUT2D eigenvalue weighted by atomic mass is 79.9. The molecule has 1 atom stereocenters. The molecular weight excluding hydrogens is 269 g/mol. The Morgan fingerprint density at radius 1 is 1.50 bits per heavy atom. The molecule has 0 radical (unpaired) electrons. The van der Waals surface area contributed by atoms with Crippen molar-refractivity contribution in [3.8, 4) is 0 Å². The van der Waals surface area contributed by atoms with Crippen LogP contribution in [-0.4, -0.2) is 13.1 Å². The first kappa shape index (κ1) is 12.1. The van der Waals surface area contributed by atoms with Crippen LogP contribution in [0.3, 0.4) is 0 Å². The Morgan fingerprint density at radius 2 is 2.25 bits per heavy atom. The Morgan fingerprint density at radius 3 is 2.75 bits per heavy atom. The van der Waals surface area contributed by atoms with E-state index in [0.29, 0.717) is 6.04 Å². The number of hydrogen-bond donors (Lipinski definition) is 1. The summed E-state index contributed by atoms with van der Waals surface area (Å²) in [6.07, 6.45) is 4.98. The van der Waals surface area contributed by atoms with Gasteiger partial charge in [0.05, 0.1) is 0 Å². The van der Waals surface area contributed by atoms with Gasteiger partial charge in [0.15, 0.2) is 0 Å². The number of hydrogen-bond acceptors (Lipinski definition) is 1. The largest absolute Gasteiger partial charge is 0.316 e. The van der Waals surface area contributed by atoms with Crippen molar-refractivity contribution in [2.24, 2.45) is 5.92 Å². The van der Waals surface area contributed by atoms with E-state index in [2.05, 4.69) is 21.2 Å². The molecule has 0 spiro atoms. The molecule has 1 aromatic carbocycles. The van der Waals surface area contributed by atoms with E-state index in [9.17, 15) is 4.39 Å². The van der Waals surface area contributed by atoms with E-state index in [1.54, 1.807) is 6.07 Å². The average Bonchev–Trinajstić information content (AvgIpc) is 2.18. The van der Waals surface area contributed by atoms with Gasteiger partial charge in [-0.1, -0.05) is 28.4 Å². The molecule has 0 aromatic heterocycles. The molecule has 0 heterocycles. The fourth-order valence-corrected chi connectivity index (χ4v) is 2.78. The van der Waals surface area contributed by atoms with Gasteiger partial charge in [0.25, 0.3) is 0 Å². The minimum atomic E-state index is -0.180. The highest BCUT2D eigenvalue weighted by Gasteiger charge is 2.26. The molecule has 0 amide bonds. The molecule has 1 N–H and O–H groups in total. The highest BCUT2D eigenvalue weighted by Crippen LogP contribution is 2.32. The van der Waals surface area contributed by atoms with Crippen LogP contribution in [0.1, 0.15) is 24.8 Å². The van der Waals surface area contributed by atoms with Crippen LogP contribution in [0.25, 0.3) is 0 Å². The quantitative estimate of drug-likeness (QED) is 0.893. The number of nitrogens with one attached hydrogen (secondary N) is 1. The second-order valence-corrected chi connectivity index (χ2v) is 5.38. The average molecular weight is 286 g/mol. The third-order valence-electron chi connectivity index (χ3n) is 3.54. The van der Waals surface area contributed by atoms with Gasteiger partial charge >= 0.3 is 0 Å². The lowest BCUT2D eigenvalue weighted by molar-refractivity contribution is 0.235. The molecule has 2 rings (SSSR count). The summed E-state index contributed by atoms with van der Waals surface area (Å²) in [5.74, 6) is 0.613. The molecule has 0 aliphatic heterocycles. The molecule has 0 bridgehead atoms. The van der Waals surface area contributed by atoms with Gasteiger partial charge in [0.2, 0.25) is 0 Å². The summed E-state index contributed by atoms with van der Waals surface area (Å²) in [5.41, 5.74) is 1.19. The predicted molar refractivity (Wildman–Crippen MR) is 68.0 cm³/mol. The van der Waals surface area contributed by atoms with Gasteiger partial charge in [-0.05, 0) is 49.9 Å². The van der Waals surface area contributed by atoms with Crippen LogP contribution in [0.15, 0.2) is 22.7 Å². The summed E-state index contributed by atoms with van der Waals surface area (Å²) in [5, 5.41) is 3.38. The van der Waals surface area contributed by atoms with Crippen LogP contribution >= 0.6 is 15.9 Å². The van der Waals surface area contributed by atoms with Crippen molar-refractivity contribution in [1.82, 2.24) is 5.32 Å². The summed E-state index contributed by atoms with van der Waals surface area (Å²) in [7, 11) is 2.01. The van der Waals surface area contributed by atoms with Gasteiger partial charge < -0.3 is 5.32 Å². The summed E-state index contributed by atoms with van der Waals surface area (Å²) in [6.45, 7) is 0. The van der Waals surface area contributed by atoms with Crippen LogP contribution in [-0.2, 0) is 6.42 Å². The summed E-state index contributed by atoms with van der Waals surface area (Å²) in [6, 6.07) is 5.48. The minimum absolute atomic E-state index is 0.180. The van der Waals surface area contributed by atoms with E-state index in [4.69, 9.17) is 0 Å². The van der Waals surface area contributed by atoms with Crippen molar-refractivity contribution < 1.29 is 4.39 Å². The van der Waals surface area contributed by atoms with Crippen LogP contribution in [0.4, 0.5) is 4.39 Å². The zero-order valence-electron chi connectivity index (χ0n) is 9.47. The summed E-state index contributed by atoms with van der Waals surface area (Å²) < 4.78 is 13.8. The van der Waals surface area contributed by atoms with Gasteiger partial charge in [-0.25, -0.2) is 4.39 Å². The van der Waals surface area contributed by atoms with Crippen molar-refractivity contribution in [2.75, 3.05) is 7.05 Å². The van der Waals surface area contributed by atoms with Gasteiger partial charge in [-0.15, -0.1) is 0 Å². The van der Waals surface area contributed by atoms with E-state index in [0.717, 1.165) is 16.8 Å². The number of rotatable bonds is 4. The lowest BCUT2D eigenvalue weighted by Gasteiger charge is -2.33. The van der Waals surface area contributed by atoms with E-state index in [-0.39, 0.29) is 5.82 Å². The fourth-order valence-electron chi connectivity index (χ4n) is 2.27. The maximum atomic E-state index is 13.0. The monoisotopic (exact) mass is 285 g/mol. The molecular formula is C13H17BrFN. The maximum Gasteiger partial charge on any atom is 0.124 e. The molecule has 3 heteroatoms. The van der Waals surface area contributed by atoms with Crippen molar-refractivity contribution in [3.05, 3.63) is 34.1 Å². The first-order chi connectivity index (χ1) is 7.70. The standard InChI is InChI=1S/C13H17BrFN/c1-16-13(9-3-2-4-9)7-10-5-6-11(15)8-12(10)14/h5-6,8-9,13,16H,2-4,7H2,1H3. The molecule has 16 heavy (non-hydrogen) atoms. The lowest BCUT2D eigenvalue weighted by Crippen LogP contribution is -2.39. The zero-order chi connectivity index (χ0) is 11.5. The molecule has 1 unspecified atom stereocenters. The third kappa shape index (κ3) is 2.64. The van der Waals surface area contributed by atoms with Crippen LogP contribution in [0, 0.1) is 11.7 Å². The van der Waals surface area contributed by atoms with E-state index < -0.39 is 0 Å². The predicted octanol–water partition coefficient (Wildman–Crippen LogP) is 3.52. The number of likely N-dealkylation sites (N-methyl/N-ethyl adjacent to an activating group) is 1. The Kier molecular flexibility index (Phi) is 3.98. The SMILES string of the molecule is CNC(Cc1ccc(F)cc1Br)C1CCC1. The number of halogens is 2. The normalized spacial score (nSPS) is 18.2. The molecule has 88 valence electrons. The Hall–Kier alpha value is -0.410. The third-order valence-corrected chi connectivity index (χ3v) is 4.28. The first-order valence-electron chi connectivity index (χ1n) is 5.82. The van der Waals surface area contributed by atoms with Crippen molar-refractivity contribution in [3.63, 3.8) is 0 Å². The van der Waals surface area contributed by atoms with Crippen LogP contribution in [0.5, 0.6) is 0 Å². The van der Waals surface area contributed by atoms with E-state index in [1.807, 2.05) is 13.1 Å². The molecule has 1 aliphatic rings. The first-order valence-corrected chi connectivity index (χ1v) is 6.61. The highest BCUT2D eigenvalue weighted by molar-refractivity contribution is 9.10. The van der Waals surface area contributed by atoms with Crippen molar-refractivity contribution in [2.45, 2.75) is 31.7 Å². The zero-order valence-corrected chi connectivity index (χ0v) is 11.1. The summed E-state index contributed by atoms with van der Waals surface area (Å²) >= 11 is 3.43. The molecule has 1 aliphatic carbocycles. The Labute approximate surface area is 105 Å². The number of benzene rings is 1. The van der Waals surface area contributed by atoms with E-state index >= 15 is 0 Å². The van der Waals surface area contributed by atoms with Gasteiger partial charge in [0, 0.05) is 10.5 Å². The Bertz CT molecular complexity index is 363. The molecule has 1 nitrogen and oxygen atoms in total. The van der Waals surface area contributed by atoms with Crippen LogP contribution < -0.4 is 5.32 Å². The maximum absolute atomic E-state index is 13.0. The van der Waals surface area contributed by atoms with Crippen molar-refractivity contribution >= 4 is 15.9 Å². The minimum Gasteiger partial charge on any atom is -0.316 e. The molecule has 1 aromatic rings. The van der Waals surface area contributed by atoms with Gasteiger partial charge in [-0.2, -0.15) is 0 Å². The molecule has 1 fully saturated rings. The molecule has 1 saturated carbocycles. The topological polar surface area (TPSA) is 12.0 Å². The fraction of sp³-hybridized carbons (Fsp3) is 0.538. The Balaban J connectivity index is 2.06. The second kappa shape index (κ2) is 5.28. The van der Waals surface area contributed by atoms with E-state index in [1.165, 1.54) is 30.9 Å². The van der Waals surface area contributed by atoms with Gasteiger partial charge in [0.1, 0.15) is 5.82 Å². The van der Waals surface area contributed by atoms with Gasteiger partial charge in [-0.3, -0.25) is 0 Å². The summed E-state index contributed by atoms with van der Waals surface area (Å²) in [4.78, 5) is 0. The lowest BCUT2D eigenvalue weighted by atomic mass is 9.78. The smallest absolute Gasteiger partial charge is 0.124 e.